The van der Waals surface area contributed by atoms with Gasteiger partial charge in [-0.3, -0.25) is 4.79 Å². The van der Waals surface area contributed by atoms with Crippen molar-refractivity contribution in [3.05, 3.63) is 39.8 Å². The van der Waals surface area contributed by atoms with E-state index in [9.17, 15) is 4.79 Å². The van der Waals surface area contributed by atoms with Crippen LogP contribution >= 0.6 is 11.6 Å². The first-order chi connectivity index (χ1) is 9.63. The van der Waals surface area contributed by atoms with E-state index in [1.54, 1.807) is 6.07 Å². The van der Waals surface area contributed by atoms with Gasteiger partial charge in [-0.1, -0.05) is 11.6 Å². The predicted molar refractivity (Wildman–Crippen MR) is 80.4 cm³/mol. The number of H-pyrrole nitrogens is 1. The highest BCUT2D eigenvalue weighted by Gasteiger charge is 2.20. The third-order valence-corrected chi connectivity index (χ3v) is 4.16. The van der Waals surface area contributed by atoms with Gasteiger partial charge in [0.15, 0.2) is 0 Å². The second kappa shape index (κ2) is 5.46. The van der Waals surface area contributed by atoms with Crippen molar-refractivity contribution in [3.63, 3.8) is 0 Å². The van der Waals surface area contributed by atoms with E-state index < -0.39 is 0 Å². The van der Waals surface area contributed by atoms with Gasteiger partial charge in [0.25, 0.3) is 5.56 Å². The number of benzene rings is 1. The number of hydrogen-bond acceptors (Lipinski definition) is 3. The summed E-state index contributed by atoms with van der Waals surface area (Å²) in [4.78, 5) is 14.3. The van der Waals surface area contributed by atoms with Crippen LogP contribution in [0.3, 0.4) is 0 Å². The molecule has 2 aromatic rings. The fourth-order valence-corrected chi connectivity index (χ4v) is 2.89. The van der Waals surface area contributed by atoms with Gasteiger partial charge < -0.3 is 15.5 Å². The Morgan fingerprint density at radius 2 is 1.95 bits per heavy atom. The maximum atomic E-state index is 11.7. The average Bonchev–Trinajstić information content (AvgIpc) is 2.46. The van der Waals surface area contributed by atoms with Crippen LogP contribution in [0.4, 0.5) is 0 Å². The standard InChI is InChI=1S/C15H17ClN2O2/c16-14-8-18-15(19)12-6-5-11(7-13(12)14)20-10-3-1-9(17)2-4-10/h5-10H,1-4,17H2,(H,18,19). The number of aromatic amines is 1. The van der Waals surface area contributed by atoms with Gasteiger partial charge in [-0.25, -0.2) is 0 Å². The molecule has 1 saturated carbocycles. The summed E-state index contributed by atoms with van der Waals surface area (Å²) in [5, 5.41) is 1.83. The molecule has 0 amide bonds. The zero-order valence-electron chi connectivity index (χ0n) is 11.1. The molecule has 4 nitrogen and oxygen atoms in total. The molecule has 3 rings (SSSR count). The summed E-state index contributed by atoms with van der Waals surface area (Å²) in [6, 6.07) is 5.72. The van der Waals surface area contributed by atoms with E-state index in [-0.39, 0.29) is 11.7 Å². The number of pyridine rings is 1. The molecular formula is C15H17ClN2O2. The number of hydrogen-bond donors (Lipinski definition) is 2. The first-order valence-electron chi connectivity index (χ1n) is 6.86. The minimum Gasteiger partial charge on any atom is -0.490 e. The summed E-state index contributed by atoms with van der Waals surface area (Å²) in [6.45, 7) is 0. The van der Waals surface area contributed by atoms with Crippen LogP contribution in [0.15, 0.2) is 29.2 Å². The predicted octanol–water partition coefficient (Wildman–Crippen LogP) is 2.83. The first-order valence-corrected chi connectivity index (χ1v) is 7.24. The highest BCUT2D eigenvalue weighted by atomic mass is 35.5. The lowest BCUT2D eigenvalue weighted by molar-refractivity contribution is 0.147. The van der Waals surface area contributed by atoms with Gasteiger partial charge in [0.1, 0.15) is 5.75 Å². The van der Waals surface area contributed by atoms with Crippen LogP contribution in [0.1, 0.15) is 25.7 Å². The van der Waals surface area contributed by atoms with Crippen molar-refractivity contribution in [2.24, 2.45) is 5.73 Å². The minimum absolute atomic E-state index is 0.139. The van der Waals surface area contributed by atoms with Gasteiger partial charge in [0.2, 0.25) is 0 Å². The van der Waals surface area contributed by atoms with E-state index in [0.717, 1.165) is 36.8 Å². The van der Waals surface area contributed by atoms with Crippen LogP contribution in [0, 0.1) is 0 Å². The van der Waals surface area contributed by atoms with Crippen molar-refractivity contribution in [1.82, 2.24) is 4.98 Å². The molecule has 0 saturated heterocycles. The molecule has 0 spiro atoms. The van der Waals surface area contributed by atoms with Crippen molar-refractivity contribution in [2.75, 3.05) is 0 Å². The molecule has 0 bridgehead atoms. The molecule has 1 aromatic carbocycles. The van der Waals surface area contributed by atoms with Gasteiger partial charge in [-0.05, 0) is 43.9 Å². The van der Waals surface area contributed by atoms with E-state index in [4.69, 9.17) is 22.1 Å². The second-order valence-corrected chi connectivity index (χ2v) is 5.73. The third kappa shape index (κ3) is 2.67. The fourth-order valence-electron chi connectivity index (χ4n) is 2.68. The Balaban J connectivity index is 1.86. The van der Waals surface area contributed by atoms with Crippen LogP contribution in [0.5, 0.6) is 5.75 Å². The molecule has 0 atom stereocenters. The Morgan fingerprint density at radius 3 is 2.70 bits per heavy atom. The Bertz CT molecular complexity index is 675. The molecular weight excluding hydrogens is 276 g/mol. The van der Waals surface area contributed by atoms with Crippen LogP contribution in [-0.4, -0.2) is 17.1 Å². The molecule has 1 heterocycles. The SMILES string of the molecule is NC1CCC(Oc2ccc3c(=O)[nH]cc(Cl)c3c2)CC1. The third-order valence-electron chi connectivity index (χ3n) is 3.84. The van der Waals surface area contributed by atoms with E-state index >= 15 is 0 Å². The van der Waals surface area contributed by atoms with Crippen molar-refractivity contribution >= 4 is 22.4 Å². The lowest BCUT2D eigenvalue weighted by Gasteiger charge is -2.26. The van der Waals surface area contributed by atoms with Gasteiger partial charge in [-0.2, -0.15) is 0 Å². The number of halogens is 1. The van der Waals surface area contributed by atoms with E-state index in [1.165, 1.54) is 6.20 Å². The van der Waals surface area contributed by atoms with E-state index in [1.807, 2.05) is 12.1 Å². The molecule has 0 radical (unpaired) electrons. The monoisotopic (exact) mass is 292 g/mol. The lowest BCUT2D eigenvalue weighted by atomic mass is 9.94. The number of rotatable bonds is 2. The Morgan fingerprint density at radius 1 is 1.20 bits per heavy atom. The van der Waals surface area contributed by atoms with Gasteiger partial charge in [0.05, 0.1) is 11.1 Å². The molecule has 20 heavy (non-hydrogen) atoms. The Labute approximate surface area is 121 Å². The van der Waals surface area contributed by atoms with Crippen molar-refractivity contribution in [1.29, 1.82) is 0 Å². The first kappa shape index (κ1) is 13.5. The largest absolute Gasteiger partial charge is 0.490 e. The smallest absolute Gasteiger partial charge is 0.255 e. The van der Waals surface area contributed by atoms with Gasteiger partial charge in [0, 0.05) is 23.0 Å². The van der Waals surface area contributed by atoms with Crippen LogP contribution in [-0.2, 0) is 0 Å². The molecule has 0 unspecified atom stereocenters. The van der Waals surface area contributed by atoms with E-state index in [2.05, 4.69) is 4.98 Å². The zero-order chi connectivity index (χ0) is 14.1. The molecule has 1 aromatic heterocycles. The molecule has 3 N–H and O–H groups in total. The number of aromatic nitrogens is 1. The van der Waals surface area contributed by atoms with Gasteiger partial charge >= 0.3 is 0 Å². The quantitative estimate of drug-likeness (QED) is 0.894. The Hall–Kier alpha value is -1.52. The normalized spacial score (nSPS) is 22.9. The van der Waals surface area contributed by atoms with Crippen molar-refractivity contribution in [3.8, 4) is 5.75 Å². The molecule has 0 aliphatic heterocycles. The lowest BCUT2D eigenvalue weighted by Crippen LogP contribution is -2.31. The maximum Gasteiger partial charge on any atom is 0.255 e. The van der Waals surface area contributed by atoms with Crippen molar-refractivity contribution in [2.45, 2.75) is 37.8 Å². The summed E-state index contributed by atoms with van der Waals surface area (Å²) in [7, 11) is 0. The summed E-state index contributed by atoms with van der Waals surface area (Å²) < 4.78 is 5.98. The van der Waals surface area contributed by atoms with Gasteiger partial charge in [-0.15, -0.1) is 0 Å². The van der Waals surface area contributed by atoms with Crippen LogP contribution in [0.2, 0.25) is 5.02 Å². The molecule has 1 aliphatic carbocycles. The summed E-state index contributed by atoms with van der Waals surface area (Å²) in [5.41, 5.74) is 5.75. The minimum atomic E-state index is -0.139. The molecule has 1 aliphatic rings. The second-order valence-electron chi connectivity index (χ2n) is 5.33. The topological polar surface area (TPSA) is 68.1 Å². The number of fused-ring (bicyclic) bond motifs is 1. The van der Waals surface area contributed by atoms with E-state index in [0.29, 0.717) is 16.5 Å². The Kier molecular flexibility index (Phi) is 3.68. The number of nitrogens with one attached hydrogen (secondary N) is 1. The number of nitrogens with two attached hydrogens (primary N) is 1. The van der Waals surface area contributed by atoms with Crippen LogP contribution in [0.25, 0.3) is 10.8 Å². The molecule has 106 valence electrons. The van der Waals surface area contributed by atoms with Crippen molar-refractivity contribution < 1.29 is 4.74 Å². The summed E-state index contributed by atoms with van der Waals surface area (Å²) in [6.07, 6.45) is 5.66. The highest BCUT2D eigenvalue weighted by Crippen LogP contribution is 2.27. The molecule has 5 heteroatoms. The zero-order valence-corrected chi connectivity index (χ0v) is 11.8. The summed E-state index contributed by atoms with van der Waals surface area (Å²) in [5.74, 6) is 0.755. The van der Waals surface area contributed by atoms with Crippen LogP contribution < -0.4 is 16.0 Å². The number of ether oxygens (including phenoxy) is 1. The summed E-state index contributed by atoms with van der Waals surface area (Å²) >= 11 is 6.12. The maximum absolute atomic E-state index is 11.7. The fraction of sp³-hybridized carbons (Fsp3) is 0.400. The highest BCUT2D eigenvalue weighted by molar-refractivity contribution is 6.35. The molecule has 1 fully saturated rings. The average molecular weight is 293 g/mol.